The lowest BCUT2D eigenvalue weighted by Gasteiger charge is -2.01. The average Bonchev–Trinajstić information content (AvgIpc) is 1.99. The van der Waals surface area contributed by atoms with Crippen LogP contribution in [0.15, 0.2) is 11.2 Å². The molecule has 1 heterocycles. The number of rotatable bonds is 4. The van der Waals surface area contributed by atoms with Crippen LogP contribution in [0.3, 0.4) is 0 Å². The van der Waals surface area contributed by atoms with Gasteiger partial charge in [0.25, 0.3) is 0 Å². The first kappa shape index (κ1) is 12.3. The van der Waals surface area contributed by atoms with Crippen molar-refractivity contribution in [3.63, 3.8) is 0 Å². The van der Waals surface area contributed by atoms with Gasteiger partial charge in [-0.3, -0.25) is 0 Å². The van der Waals surface area contributed by atoms with Crippen LogP contribution >= 0.6 is 11.8 Å². The fourth-order valence-corrected chi connectivity index (χ4v) is 3.02. The Hall–Kier alpha value is -0.820. The molecule has 0 fully saturated rings. The Morgan fingerprint density at radius 2 is 2.13 bits per heavy atom. The SMILES string of the molecule is Cc1cc(N)nc(SCCS(C)(=O)=O)n1. The Bertz CT molecular complexity index is 425. The number of anilines is 1. The third-order valence-electron chi connectivity index (χ3n) is 1.54. The van der Waals surface area contributed by atoms with E-state index < -0.39 is 9.84 Å². The van der Waals surface area contributed by atoms with Gasteiger partial charge >= 0.3 is 0 Å². The summed E-state index contributed by atoms with van der Waals surface area (Å²) in [5.74, 6) is 0.973. The summed E-state index contributed by atoms with van der Waals surface area (Å²) in [4.78, 5) is 8.12. The zero-order valence-electron chi connectivity index (χ0n) is 8.60. The van der Waals surface area contributed by atoms with Crippen molar-refractivity contribution in [3.8, 4) is 0 Å². The van der Waals surface area contributed by atoms with Crippen LogP contribution < -0.4 is 5.73 Å². The van der Waals surface area contributed by atoms with Crippen LogP contribution in [0.1, 0.15) is 5.69 Å². The summed E-state index contributed by atoms with van der Waals surface area (Å²) in [7, 11) is -2.92. The molecule has 0 unspecified atom stereocenters. The molecular formula is C8H13N3O2S2. The minimum atomic E-state index is -2.92. The van der Waals surface area contributed by atoms with Gasteiger partial charge in [0.15, 0.2) is 5.16 Å². The van der Waals surface area contributed by atoms with Crippen LogP contribution in [0.2, 0.25) is 0 Å². The molecule has 0 amide bonds. The topological polar surface area (TPSA) is 85.9 Å². The predicted molar refractivity (Wildman–Crippen MR) is 61.6 cm³/mol. The number of hydrogen-bond acceptors (Lipinski definition) is 6. The Morgan fingerprint density at radius 3 is 2.67 bits per heavy atom. The Balaban J connectivity index is 2.58. The minimum Gasteiger partial charge on any atom is -0.384 e. The molecule has 0 saturated carbocycles. The van der Waals surface area contributed by atoms with Gasteiger partial charge in [-0.25, -0.2) is 18.4 Å². The first-order chi connectivity index (χ1) is 6.87. The Kier molecular flexibility index (Phi) is 3.92. The van der Waals surface area contributed by atoms with Crippen molar-refractivity contribution in [2.24, 2.45) is 0 Å². The monoisotopic (exact) mass is 247 g/mol. The average molecular weight is 247 g/mol. The summed E-state index contributed by atoms with van der Waals surface area (Å²) >= 11 is 1.29. The molecule has 1 aromatic heterocycles. The van der Waals surface area contributed by atoms with Crippen molar-refractivity contribution in [2.45, 2.75) is 12.1 Å². The number of nitrogens with two attached hydrogens (primary N) is 1. The van der Waals surface area contributed by atoms with Gasteiger partial charge in [-0.2, -0.15) is 0 Å². The molecule has 0 aliphatic heterocycles. The van der Waals surface area contributed by atoms with Gasteiger partial charge in [0.05, 0.1) is 5.75 Å². The fourth-order valence-electron chi connectivity index (χ4n) is 0.914. The van der Waals surface area contributed by atoms with Crippen LogP contribution in [0, 0.1) is 6.92 Å². The van der Waals surface area contributed by atoms with Gasteiger partial charge < -0.3 is 5.73 Å². The Morgan fingerprint density at radius 1 is 1.47 bits per heavy atom. The number of aromatic nitrogens is 2. The van der Waals surface area contributed by atoms with E-state index in [-0.39, 0.29) is 5.75 Å². The quantitative estimate of drug-likeness (QED) is 0.616. The van der Waals surface area contributed by atoms with Crippen molar-refractivity contribution >= 4 is 27.4 Å². The van der Waals surface area contributed by atoms with E-state index in [2.05, 4.69) is 9.97 Å². The highest BCUT2D eigenvalue weighted by Gasteiger charge is 2.05. The third kappa shape index (κ3) is 4.98. The number of thioether (sulfide) groups is 1. The molecule has 7 heteroatoms. The molecule has 0 spiro atoms. The van der Waals surface area contributed by atoms with Crippen LogP contribution in [0.25, 0.3) is 0 Å². The summed E-state index contributed by atoms with van der Waals surface area (Å²) in [5, 5.41) is 0.524. The number of nitrogens with zero attached hydrogens (tertiary/aromatic N) is 2. The molecule has 2 N–H and O–H groups in total. The van der Waals surface area contributed by atoms with Crippen molar-refractivity contribution in [3.05, 3.63) is 11.8 Å². The number of sulfone groups is 1. The second-order valence-electron chi connectivity index (χ2n) is 3.20. The van der Waals surface area contributed by atoms with E-state index in [9.17, 15) is 8.42 Å². The zero-order chi connectivity index (χ0) is 11.5. The largest absolute Gasteiger partial charge is 0.384 e. The molecule has 0 radical (unpaired) electrons. The highest BCUT2D eigenvalue weighted by atomic mass is 32.2. The summed E-state index contributed by atoms with van der Waals surface area (Å²) < 4.78 is 21.8. The van der Waals surface area contributed by atoms with Crippen LogP contribution in [-0.2, 0) is 9.84 Å². The van der Waals surface area contributed by atoms with Gasteiger partial charge in [-0.15, -0.1) is 0 Å². The molecule has 0 atom stereocenters. The van der Waals surface area contributed by atoms with E-state index in [1.165, 1.54) is 18.0 Å². The lowest BCUT2D eigenvalue weighted by molar-refractivity contribution is 0.603. The van der Waals surface area contributed by atoms with E-state index in [0.717, 1.165) is 5.69 Å². The molecule has 0 bridgehead atoms. The molecule has 1 aromatic rings. The minimum absolute atomic E-state index is 0.120. The lowest BCUT2D eigenvalue weighted by Crippen LogP contribution is -2.06. The first-order valence-corrected chi connectivity index (χ1v) is 7.33. The summed E-state index contributed by atoms with van der Waals surface area (Å²) in [6.07, 6.45) is 1.21. The summed E-state index contributed by atoms with van der Waals surface area (Å²) in [6.45, 7) is 1.82. The number of nitrogen functional groups attached to an aromatic ring is 1. The van der Waals surface area contributed by atoms with E-state index in [0.29, 0.717) is 16.7 Å². The molecule has 84 valence electrons. The smallest absolute Gasteiger partial charge is 0.189 e. The highest BCUT2D eigenvalue weighted by Crippen LogP contribution is 2.15. The molecule has 0 aromatic carbocycles. The first-order valence-electron chi connectivity index (χ1n) is 4.28. The second-order valence-corrected chi connectivity index (χ2v) is 6.52. The molecule has 1 rings (SSSR count). The molecular weight excluding hydrogens is 234 g/mol. The van der Waals surface area contributed by atoms with Crippen LogP contribution in [0.5, 0.6) is 0 Å². The standard InChI is InChI=1S/C8H13N3O2S2/c1-6-5-7(9)11-8(10-6)14-3-4-15(2,12)13/h5H,3-4H2,1-2H3,(H2,9,10,11). The highest BCUT2D eigenvalue weighted by molar-refractivity contribution is 8.00. The summed E-state index contributed by atoms with van der Waals surface area (Å²) in [5.41, 5.74) is 6.32. The van der Waals surface area contributed by atoms with Gasteiger partial charge in [0, 0.05) is 23.8 Å². The van der Waals surface area contributed by atoms with Crippen molar-refractivity contribution < 1.29 is 8.42 Å². The van der Waals surface area contributed by atoms with Gasteiger partial charge in [0.2, 0.25) is 0 Å². The number of aryl methyl sites for hydroxylation is 1. The van der Waals surface area contributed by atoms with Gasteiger partial charge in [-0.1, -0.05) is 11.8 Å². The zero-order valence-corrected chi connectivity index (χ0v) is 10.2. The maximum absolute atomic E-state index is 10.9. The van der Waals surface area contributed by atoms with Crippen LogP contribution in [0.4, 0.5) is 5.82 Å². The van der Waals surface area contributed by atoms with Gasteiger partial charge in [0.1, 0.15) is 15.7 Å². The third-order valence-corrected chi connectivity index (χ3v) is 3.59. The fraction of sp³-hybridized carbons (Fsp3) is 0.500. The lowest BCUT2D eigenvalue weighted by atomic mass is 10.4. The molecule has 15 heavy (non-hydrogen) atoms. The maximum atomic E-state index is 10.9. The van der Waals surface area contributed by atoms with Crippen molar-refractivity contribution in [2.75, 3.05) is 23.5 Å². The summed E-state index contributed by atoms with van der Waals surface area (Å²) in [6, 6.07) is 1.67. The second kappa shape index (κ2) is 4.80. The normalized spacial score (nSPS) is 11.6. The van der Waals surface area contributed by atoms with E-state index in [4.69, 9.17) is 5.73 Å². The molecule has 0 saturated heterocycles. The molecule has 0 aliphatic rings. The van der Waals surface area contributed by atoms with E-state index in [1.807, 2.05) is 6.92 Å². The molecule has 5 nitrogen and oxygen atoms in total. The van der Waals surface area contributed by atoms with E-state index >= 15 is 0 Å². The number of hydrogen-bond donors (Lipinski definition) is 1. The maximum Gasteiger partial charge on any atom is 0.189 e. The van der Waals surface area contributed by atoms with E-state index in [1.54, 1.807) is 6.07 Å². The van der Waals surface area contributed by atoms with Gasteiger partial charge in [-0.05, 0) is 6.92 Å². The van der Waals surface area contributed by atoms with Crippen LogP contribution in [-0.4, -0.2) is 36.1 Å². The predicted octanol–water partition coefficient (Wildman–Crippen LogP) is 0.504. The van der Waals surface area contributed by atoms with Crippen molar-refractivity contribution in [1.82, 2.24) is 9.97 Å². The Labute approximate surface area is 93.4 Å². The molecule has 0 aliphatic carbocycles. The van der Waals surface area contributed by atoms with Crippen molar-refractivity contribution in [1.29, 1.82) is 0 Å².